The normalized spacial score (nSPS) is 54.9. The quantitative estimate of drug-likeness (QED) is 0.655. The first kappa shape index (κ1) is 9.21. The van der Waals surface area contributed by atoms with Gasteiger partial charge in [-0.15, -0.1) is 0 Å². The van der Waals surface area contributed by atoms with Crippen LogP contribution in [0.2, 0.25) is 0 Å². The second kappa shape index (κ2) is 2.75. The van der Waals surface area contributed by atoms with Crippen LogP contribution in [0.4, 0.5) is 0 Å². The molecule has 2 atom stereocenters. The van der Waals surface area contributed by atoms with Crippen molar-refractivity contribution in [3.8, 4) is 0 Å². The van der Waals surface area contributed by atoms with E-state index in [1.807, 2.05) is 0 Å². The lowest BCUT2D eigenvalue weighted by Gasteiger charge is -2.70. The van der Waals surface area contributed by atoms with Gasteiger partial charge in [0.2, 0.25) is 0 Å². The molecule has 3 aliphatic rings. The lowest BCUT2D eigenvalue weighted by atomic mass is 9.39. The first-order valence-electron chi connectivity index (χ1n) is 6.28. The Bertz CT molecular complexity index is 230. The van der Waals surface area contributed by atoms with Crippen LogP contribution in [0, 0.1) is 23.7 Å². The Balaban J connectivity index is 1.69. The molecule has 0 saturated heterocycles. The molecule has 0 heterocycles. The topological polar surface area (TPSA) is 9.23 Å². The van der Waals surface area contributed by atoms with Crippen LogP contribution in [0.1, 0.15) is 46.5 Å². The van der Waals surface area contributed by atoms with Crippen LogP contribution < -0.4 is 0 Å². The van der Waals surface area contributed by atoms with Crippen molar-refractivity contribution >= 4 is 0 Å². The summed E-state index contributed by atoms with van der Waals surface area (Å²) in [5.41, 5.74) is 0.365. The van der Waals surface area contributed by atoms with Crippen molar-refractivity contribution in [1.82, 2.24) is 0 Å². The highest BCUT2D eigenvalue weighted by molar-refractivity contribution is 5.17. The fraction of sp³-hybridized carbons (Fsp3) is 1.00. The van der Waals surface area contributed by atoms with Crippen molar-refractivity contribution in [2.24, 2.45) is 23.7 Å². The number of hydrogen-bond donors (Lipinski definition) is 0. The smallest absolute Gasteiger partial charge is 0.0724 e. The molecule has 0 aliphatic heterocycles. The maximum Gasteiger partial charge on any atom is 0.0724 e. The maximum absolute atomic E-state index is 6.14. The Morgan fingerprint density at radius 3 is 2.21 bits per heavy atom. The second-order valence-electron chi connectivity index (χ2n) is 6.26. The third kappa shape index (κ3) is 1.05. The van der Waals surface area contributed by atoms with Crippen molar-refractivity contribution in [1.29, 1.82) is 0 Å². The number of ether oxygens (including phenoxy) is 1. The summed E-state index contributed by atoms with van der Waals surface area (Å²) in [6.07, 6.45) is 6.12. The molecule has 80 valence electrons. The summed E-state index contributed by atoms with van der Waals surface area (Å²) in [7, 11) is 0. The summed E-state index contributed by atoms with van der Waals surface area (Å²) < 4.78 is 6.14. The fourth-order valence-electron chi connectivity index (χ4n) is 4.65. The van der Waals surface area contributed by atoms with Crippen molar-refractivity contribution < 1.29 is 4.74 Å². The molecule has 3 rings (SSSR count). The van der Waals surface area contributed by atoms with Crippen molar-refractivity contribution in [2.75, 3.05) is 0 Å². The first-order chi connectivity index (χ1) is 6.61. The van der Waals surface area contributed by atoms with Crippen LogP contribution in [0.25, 0.3) is 0 Å². The van der Waals surface area contributed by atoms with E-state index in [1.54, 1.807) is 0 Å². The SMILES string of the molecule is CC1CC2CC3(OC(C)C)CC(C1)C23. The van der Waals surface area contributed by atoms with Crippen LogP contribution in [-0.2, 0) is 4.74 Å². The molecule has 3 aliphatic carbocycles. The Hall–Kier alpha value is -0.0400. The minimum Gasteiger partial charge on any atom is -0.372 e. The van der Waals surface area contributed by atoms with Gasteiger partial charge in [-0.25, -0.2) is 0 Å². The summed E-state index contributed by atoms with van der Waals surface area (Å²) in [6, 6.07) is 0. The van der Waals surface area contributed by atoms with Crippen molar-refractivity contribution in [3.63, 3.8) is 0 Å². The van der Waals surface area contributed by atoms with Gasteiger partial charge in [-0.3, -0.25) is 0 Å². The standard InChI is InChI=1S/C13H22O/c1-8(2)14-13-6-10-4-9(3)5-11(7-13)12(10)13/h8-12H,4-7H2,1-3H3. The zero-order valence-corrected chi connectivity index (χ0v) is 9.62. The number of rotatable bonds is 2. The molecule has 0 aromatic heterocycles. The van der Waals surface area contributed by atoms with Gasteiger partial charge in [0.15, 0.2) is 0 Å². The van der Waals surface area contributed by atoms with E-state index in [1.165, 1.54) is 25.7 Å². The summed E-state index contributed by atoms with van der Waals surface area (Å²) >= 11 is 0. The van der Waals surface area contributed by atoms with Gasteiger partial charge in [-0.05, 0) is 63.2 Å². The van der Waals surface area contributed by atoms with Gasteiger partial charge in [0.05, 0.1) is 11.7 Å². The molecule has 0 bridgehead atoms. The molecule has 2 unspecified atom stereocenters. The summed E-state index contributed by atoms with van der Waals surface area (Å²) in [5, 5.41) is 0. The molecular weight excluding hydrogens is 172 g/mol. The van der Waals surface area contributed by atoms with Gasteiger partial charge in [-0.2, -0.15) is 0 Å². The molecular formula is C13H22O. The predicted octanol–water partition coefficient (Wildman–Crippen LogP) is 3.24. The van der Waals surface area contributed by atoms with Crippen molar-refractivity contribution in [3.05, 3.63) is 0 Å². The summed E-state index contributed by atoms with van der Waals surface area (Å²) in [6.45, 7) is 6.79. The van der Waals surface area contributed by atoms with Gasteiger partial charge in [0.1, 0.15) is 0 Å². The molecule has 0 aromatic rings. The van der Waals surface area contributed by atoms with E-state index in [0.29, 0.717) is 11.7 Å². The molecule has 0 radical (unpaired) electrons. The van der Waals surface area contributed by atoms with Crippen LogP contribution in [0.5, 0.6) is 0 Å². The molecule has 0 N–H and O–H groups in total. The van der Waals surface area contributed by atoms with E-state index >= 15 is 0 Å². The average Bonchev–Trinajstić information content (AvgIpc) is 1.97. The molecule has 3 fully saturated rings. The van der Waals surface area contributed by atoms with Crippen LogP contribution in [0.3, 0.4) is 0 Å². The predicted molar refractivity (Wildman–Crippen MR) is 57.1 cm³/mol. The third-order valence-electron chi connectivity index (χ3n) is 4.72. The van der Waals surface area contributed by atoms with E-state index < -0.39 is 0 Å². The number of hydrogen-bond acceptors (Lipinski definition) is 1. The molecule has 3 saturated carbocycles. The lowest BCUT2D eigenvalue weighted by Crippen LogP contribution is -2.70. The molecule has 1 heteroatoms. The Morgan fingerprint density at radius 1 is 1.14 bits per heavy atom. The van der Waals surface area contributed by atoms with E-state index in [0.717, 1.165) is 23.7 Å². The fourth-order valence-corrected chi connectivity index (χ4v) is 4.65. The maximum atomic E-state index is 6.14. The van der Waals surface area contributed by atoms with Crippen molar-refractivity contribution in [2.45, 2.75) is 58.2 Å². The molecule has 0 spiro atoms. The van der Waals surface area contributed by atoms with E-state index in [-0.39, 0.29) is 0 Å². The van der Waals surface area contributed by atoms with Gasteiger partial charge in [-0.1, -0.05) is 6.92 Å². The zero-order valence-electron chi connectivity index (χ0n) is 9.62. The van der Waals surface area contributed by atoms with Gasteiger partial charge >= 0.3 is 0 Å². The van der Waals surface area contributed by atoms with Crippen LogP contribution in [0.15, 0.2) is 0 Å². The zero-order chi connectivity index (χ0) is 9.92. The average molecular weight is 194 g/mol. The molecule has 0 aromatic carbocycles. The summed E-state index contributed by atoms with van der Waals surface area (Å²) in [4.78, 5) is 0. The lowest BCUT2D eigenvalue weighted by molar-refractivity contribution is -0.302. The minimum atomic E-state index is 0.365. The summed E-state index contributed by atoms with van der Waals surface area (Å²) in [5.74, 6) is 3.99. The van der Waals surface area contributed by atoms with E-state index in [9.17, 15) is 0 Å². The van der Waals surface area contributed by atoms with Crippen LogP contribution in [-0.4, -0.2) is 11.7 Å². The Morgan fingerprint density at radius 2 is 1.71 bits per heavy atom. The van der Waals surface area contributed by atoms with E-state index in [2.05, 4.69) is 20.8 Å². The highest BCUT2D eigenvalue weighted by atomic mass is 16.5. The Labute approximate surface area is 87.2 Å². The third-order valence-corrected chi connectivity index (χ3v) is 4.72. The highest BCUT2D eigenvalue weighted by Crippen LogP contribution is 2.68. The largest absolute Gasteiger partial charge is 0.372 e. The molecule has 1 nitrogen and oxygen atoms in total. The van der Waals surface area contributed by atoms with Crippen LogP contribution >= 0.6 is 0 Å². The second-order valence-corrected chi connectivity index (χ2v) is 6.26. The highest BCUT2D eigenvalue weighted by Gasteiger charge is 2.67. The monoisotopic (exact) mass is 194 g/mol. The minimum absolute atomic E-state index is 0.365. The first-order valence-corrected chi connectivity index (χ1v) is 6.28. The molecule has 0 amide bonds. The van der Waals surface area contributed by atoms with Gasteiger partial charge in [0.25, 0.3) is 0 Å². The Kier molecular flexibility index (Phi) is 1.81. The molecule has 14 heavy (non-hydrogen) atoms. The van der Waals surface area contributed by atoms with Gasteiger partial charge in [0, 0.05) is 0 Å². The van der Waals surface area contributed by atoms with E-state index in [4.69, 9.17) is 4.74 Å². The van der Waals surface area contributed by atoms with Gasteiger partial charge < -0.3 is 4.74 Å².